The third-order valence-electron chi connectivity index (χ3n) is 3.97. The van der Waals surface area contributed by atoms with Gasteiger partial charge in [0.25, 0.3) is 0 Å². The number of hydrogen-bond acceptors (Lipinski definition) is 4. The molecule has 1 saturated heterocycles. The Hall–Kier alpha value is -1.75. The van der Waals surface area contributed by atoms with Crippen LogP contribution in [0.5, 0.6) is 11.5 Å². The molecule has 1 fully saturated rings. The van der Waals surface area contributed by atoms with Gasteiger partial charge in [0.15, 0.2) is 0 Å². The Labute approximate surface area is 125 Å². The molecule has 1 N–H and O–H groups in total. The van der Waals surface area contributed by atoms with Crippen LogP contribution in [-0.4, -0.2) is 43.3 Å². The number of carbonyl (C=O) groups is 1. The summed E-state index contributed by atoms with van der Waals surface area (Å²) in [5, 5.41) is 9.72. The molecule has 0 aliphatic carbocycles. The van der Waals surface area contributed by atoms with Gasteiger partial charge in [-0.1, -0.05) is 12.8 Å². The van der Waals surface area contributed by atoms with E-state index in [1.807, 2.05) is 4.90 Å². The highest BCUT2D eigenvalue weighted by Gasteiger charge is 2.30. The summed E-state index contributed by atoms with van der Waals surface area (Å²) in [6.45, 7) is 1.61. The lowest BCUT2D eigenvalue weighted by Gasteiger charge is -2.28. The molecule has 0 saturated carbocycles. The van der Waals surface area contributed by atoms with Gasteiger partial charge < -0.3 is 14.6 Å². The molecule has 1 aromatic carbocycles. The third kappa shape index (κ3) is 3.67. The molecule has 21 heavy (non-hydrogen) atoms. The van der Waals surface area contributed by atoms with Crippen molar-refractivity contribution in [3.8, 4) is 11.5 Å². The molecule has 0 spiro atoms. The van der Waals surface area contributed by atoms with Crippen LogP contribution in [0.25, 0.3) is 0 Å². The largest absolute Gasteiger partial charge is 0.497 e. The molecule has 1 atom stereocenters. The molecule has 2 rings (SSSR count). The minimum atomic E-state index is -0.844. The van der Waals surface area contributed by atoms with Crippen LogP contribution in [0, 0.1) is 0 Å². The second-order valence-electron chi connectivity index (χ2n) is 5.30. The maximum atomic E-state index is 11.8. The SMILES string of the molecule is COc1ccc(OC)c(C(C(=O)O)N2CCCCCC2)c1. The number of aliphatic carboxylic acids is 1. The van der Waals surface area contributed by atoms with Gasteiger partial charge >= 0.3 is 5.97 Å². The number of methoxy groups -OCH3 is 2. The van der Waals surface area contributed by atoms with E-state index in [0.717, 1.165) is 38.8 Å². The Bertz CT molecular complexity index is 481. The molecular weight excluding hydrogens is 270 g/mol. The van der Waals surface area contributed by atoms with Crippen LogP contribution in [0.15, 0.2) is 18.2 Å². The monoisotopic (exact) mass is 293 g/mol. The molecule has 1 aromatic rings. The fourth-order valence-corrected chi connectivity index (χ4v) is 2.89. The fraction of sp³-hybridized carbons (Fsp3) is 0.562. The number of nitrogens with zero attached hydrogens (tertiary/aromatic N) is 1. The maximum absolute atomic E-state index is 11.8. The van der Waals surface area contributed by atoms with Gasteiger partial charge in [-0.25, -0.2) is 0 Å². The molecule has 1 unspecified atom stereocenters. The first-order valence-electron chi connectivity index (χ1n) is 7.36. The van der Waals surface area contributed by atoms with Crippen molar-refractivity contribution < 1.29 is 19.4 Å². The van der Waals surface area contributed by atoms with Crippen molar-refractivity contribution in [2.45, 2.75) is 31.7 Å². The second kappa shape index (κ2) is 7.31. The van der Waals surface area contributed by atoms with Crippen molar-refractivity contribution in [1.82, 2.24) is 4.90 Å². The molecule has 5 heteroatoms. The average molecular weight is 293 g/mol. The normalized spacial score (nSPS) is 17.8. The molecule has 1 heterocycles. The minimum Gasteiger partial charge on any atom is -0.497 e. The Morgan fingerprint density at radius 1 is 1.14 bits per heavy atom. The van der Waals surface area contributed by atoms with E-state index in [0.29, 0.717) is 17.1 Å². The van der Waals surface area contributed by atoms with Crippen molar-refractivity contribution in [1.29, 1.82) is 0 Å². The van der Waals surface area contributed by atoms with Gasteiger partial charge in [0.1, 0.15) is 17.5 Å². The summed E-state index contributed by atoms with van der Waals surface area (Å²) in [5.74, 6) is 0.391. The maximum Gasteiger partial charge on any atom is 0.325 e. The molecule has 0 aromatic heterocycles. The third-order valence-corrected chi connectivity index (χ3v) is 3.97. The van der Waals surface area contributed by atoms with E-state index in [1.165, 1.54) is 0 Å². The van der Waals surface area contributed by atoms with Gasteiger partial charge in [-0.3, -0.25) is 9.69 Å². The highest BCUT2D eigenvalue weighted by molar-refractivity contribution is 5.77. The standard InChI is InChI=1S/C16H23NO4/c1-20-12-7-8-14(21-2)13(11-12)15(16(18)19)17-9-5-3-4-6-10-17/h7-8,11,15H,3-6,9-10H2,1-2H3,(H,18,19). The Kier molecular flexibility index (Phi) is 5.44. The fourth-order valence-electron chi connectivity index (χ4n) is 2.89. The number of benzene rings is 1. The van der Waals surface area contributed by atoms with Gasteiger partial charge in [-0.05, 0) is 44.1 Å². The molecule has 0 bridgehead atoms. The van der Waals surface area contributed by atoms with E-state index in [4.69, 9.17) is 9.47 Å². The number of likely N-dealkylation sites (tertiary alicyclic amines) is 1. The van der Waals surface area contributed by atoms with E-state index in [9.17, 15) is 9.90 Å². The van der Waals surface area contributed by atoms with Crippen molar-refractivity contribution in [3.05, 3.63) is 23.8 Å². The van der Waals surface area contributed by atoms with Crippen molar-refractivity contribution in [3.63, 3.8) is 0 Å². The summed E-state index contributed by atoms with van der Waals surface area (Å²) in [6.07, 6.45) is 4.41. The lowest BCUT2D eigenvalue weighted by molar-refractivity contribution is -0.143. The zero-order valence-corrected chi connectivity index (χ0v) is 12.7. The Morgan fingerprint density at radius 2 is 1.81 bits per heavy atom. The summed E-state index contributed by atoms with van der Waals surface area (Å²) >= 11 is 0. The second-order valence-corrected chi connectivity index (χ2v) is 5.30. The first-order chi connectivity index (χ1) is 10.2. The summed E-state index contributed by atoms with van der Waals surface area (Å²) in [6, 6.07) is 4.63. The molecule has 116 valence electrons. The first kappa shape index (κ1) is 15.6. The van der Waals surface area contributed by atoms with E-state index < -0.39 is 12.0 Å². The summed E-state index contributed by atoms with van der Waals surface area (Å²) in [7, 11) is 3.14. The van der Waals surface area contributed by atoms with Gasteiger partial charge in [0.05, 0.1) is 14.2 Å². The molecule has 0 radical (unpaired) electrons. The van der Waals surface area contributed by atoms with Crippen LogP contribution in [-0.2, 0) is 4.79 Å². The molecule has 5 nitrogen and oxygen atoms in total. The van der Waals surface area contributed by atoms with E-state index >= 15 is 0 Å². The highest BCUT2D eigenvalue weighted by Crippen LogP contribution is 2.34. The predicted octanol–water partition coefficient (Wildman–Crippen LogP) is 2.71. The first-order valence-corrected chi connectivity index (χ1v) is 7.36. The zero-order valence-electron chi connectivity index (χ0n) is 12.7. The smallest absolute Gasteiger partial charge is 0.325 e. The van der Waals surface area contributed by atoms with Gasteiger partial charge in [-0.15, -0.1) is 0 Å². The minimum absolute atomic E-state index is 0.590. The van der Waals surface area contributed by atoms with Crippen LogP contribution in [0.1, 0.15) is 37.3 Å². The molecular formula is C16H23NO4. The van der Waals surface area contributed by atoms with Crippen molar-refractivity contribution in [2.75, 3.05) is 27.3 Å². The number of carboxylic acids is 1. The molecule has 0 amide bonds. The van der Waals surface area contributed by atoms with Crippen molar-refractivity contribution in [2.24, 2.45) is 0 Å². The average Bonchev–Trinajstić information content (AvgIpc) is 2.76. The zero-order chi connectivity index (χ0) is 15.2. The number of hydrogen-bond donors (Lipinski definition) is 1. The van der Waals surface area contributed by atoms with Crippen LogP contribution in [0.3, 0.4) is 0 Å². The van der Waals surface area contributed by atoms with Gasteiger partial charge in [-0.2, -0.15) is 0 Å². The van der Waals surface area contributed by atoms with Gasteiger partial charge in [0.2, 0.25) is 0 Å². The van der Waals surface area contributed by atoms with Crippen molar-refractivity contribution >= 4 is 5.97 Å². The number of ether oxygens (including phenoxy) is 2. The number of carboxylic acid groups (broad SMARTS) is 1. The molecule has 1 aliphatic heterocycles. The number of rotatable bonds is 5. The Morgan fingerprint density at radius 3 is 2.33 bits per heavy atom. The lowest BCUT2D eigenvalue weighted by Crippen LogP contribution is -2.35. The predicted molar refractivity (Wildman–Crippen MR) is 80.0 cm³/mol. The van der Waals surface area contributed by atoms with Crippen LogP contribution < -0.4 is 9.47 Å². The van der Waals surface area contributed by atoms with E-state index in [2.05, 4.69) is 0 Å². The molecule has 1 aliphatic rings. The lowest BCUT2D eigenvalue weighted by atomic mass is 10.0. The summed E-state index contributed by atoms with van der Waals surface area (Å²) in [4.78, 5) is 13.9. The summed E-state index contributed by atoms with van der Waals surface area (Å²) in [5.41, 5.74) is 0.659. The van der Waals surface area contributed by atoms with Crippen LogP contribution in [0.2, 0.25) is 0 Å². The quantitative estimate of drug-likeness (QED) is 0.904. The highest BCUT2D eigenvalue weighted by atomic mass is 16.5. The van der Waals surface area contributed by atoms with E-state index in [1.54, 1.807) is 32.4 Å². The van der Waals surface area contributed by atoms with Gasteiger partial charge in [0, 0.05) is 5.56 Å². The van der Waals surface area contributed by atoms with E-state index in [-0.39, 0.29) is 0 Å². The Balaban J connectivity index is 2.38. The van der Waals surface area contributed by atoms with Crippen LogP contribution >= 0.6 is 0 Å². The van der Waals surface area contributed by atoms with Crippen LogP contribution in [0.4, 0.5) is 0 Å². The summed E-state index contributed by atoms with van der Waals surface area (Å²) < 4.78 is 10.6. The topological polar surface area (TPSA) is 59.0 Å².